The van der Waals surface area contributed by atoms with Crippen LogP contribution < -0.4 is 0 Å². The van der Waals surface area contributed by atoms with Gasteiger partial charge in [0.2, 0.25) is 0 Å². The van der Waals surface area contributed by atoms with Gasteiger partial charge in [-0.2, -0.15) is 0 Å². The van der Waals surface area contributed by atoms with Gasteiger partial charge in [0.05, 0.1) is 0 Å². The van der Waals surface area contributed by atoms with Crippen LogP contribution in [0.3, 0.4) is 0 Å². The van der Waals surface area contributed by atoms with E-state index in [1.165, 1.54) is 19.0 Å². The fourth-order valence-electron chi connectivity index (χ4n) is 1.44. The third kappa shape index (κ3) is 1.87. The van der Waals surface area contributed by atoms with Crippen LogP contribution >= 0.6 is 11.8 Å². The summed E-state index contributed by atoms with van der Waals surface area (Å²) in [7, 11) is 0. The van der Waals surface area contributed by atoms with Gasteiger partial charge in [-0.15, -0.1) is 11.8 Å². The predicted octanol–water partition coefficient (Wildman–Crippen LogP) is 1.65. The standard InChI is InChI=1S/C7H15NS/c1-7(2)4-8(5-7)6-9-3/h4-6H2,1-3H3. The lowest BCUT2D eigenvalue weighted by molar-refractivity contribution is 0.0507. The van der Waals surface area contributed by atoms with Crippen molar-refractivity contribution >= 4 is 11.8 Å². The minimum Gasteiger partial charge on any atom is -0.293 e. The van der Waals surface area contributed by atoms with Crippen molar-refractivity contribution in [1.29, 1.82) is 0 Å². The molecule has 1 aliphatic heterocycles. The van der Waals surface area contributed by atoms with Crippen LogP contribution in [0.15, 0.2) is 0 Å². The van der Waals surface area contributed by atoms with Crippen molar-refractivity contribution in [2.75, 3.05) is 25.2 Å². The van der Waals surface area contributed by atoms with Crippen molar-refractivity contribution in [2.45, 2.75) is 13.8 Å². The zero-order valence-electron chi connectivity index (χ0n) is 6.48. The van der Waals surface area contributed by atoms with Crippen LogP contribution in [-0.4, -0.2) is 30.1 Å². The van der Waals surface area contributed by atoms with Crippen LogP contribution in [0.25, 0.3) is 0 Å². The van der Waals surface area contributed by atoms with E-state index in [0.717, 1.165) is 0 Å². The first kappa shape index (κ1) is 7.42. The summed E-state index contributed by atoms with van der Waals surface area (Å²) in [4.78, 5) is 2.48. The highest BCUT2D eigenvalue weighted by atomic mass is 32.2. The monoisotopic (exact) mass is 145 g/mol. The molecule has 1 aliphatic rings. The van der Waals surface area contributed by atoms with Gasteiger partial charge in [0.1, 0.15) is 0 Å². The van der Waals surface area contributed by atoms with Crippen molar-refractivity contribution in [3.05, 3.63) is 0 Å². The van der Waals surface area contributed by atoms with Crippen molar-refractivity contribution in [3.8, 4) is 0 Å². The third-order valence-corrected chi connectivity index (χ3v) is 2.24. The number of hydrogen-bond acceptors (Lipinski definition) is 2. The Morgan fingerprint density at radius 3 is 2.33 bits per heavy atom. The molecule has 1 rings (SSSR count). The van der Waals surface area contributed by atoms with Crippen LogP contribution in [0.4, 0.5) is 0 Å². The molecule has 1 saturated heterocycles. The smallest absolute Gasteiger partial charge is 0.0441 e. The summed E-state index contributed by atoms with van der Waals surface area (Å²) < 4.78 is 0. The summed E-state index contributed by atoms with van der Waals surface area (Å²) in [6, 6.07) is 0. The molecule has 0 atom stereocenters. The first-order valence-electron chi connectivity index (χ1n) is 3.35. The highest BCUT2D eigenvalue weighted by Crippen LogP contribution is 2.29. The Balaban J connectivity index is 2.12. The average molecular weight is 145 g/mol. The molecule has 1 nitrogen and oxygen atoms in total. The maximum absolute atomic E-state index is 2.48. The fraction of sp³-hybridized carbons (Fsp3) is 1.00. The van der Waals surface area contributed by atoms with E-state index < -0.39 is 0 Å². The van der Waals surface area contributed by atoms with E-state index in [4.69, 9.17) is 0 Å². The lowest BCUT2D eigenvalue weighted by Gasteiger charge is -2.45. The molecule has 0 N–H and O–H groups in total. The van der Waals surface area contributed by atoms with Crippen molar-refractivity contribution < 1.29 is 0 Å². The molecule has 9 heavy (non-hydrogen) atoms. The lowest BCUT2D eigenvalue weighted by atomic mass is 9.85. The first-order valence-corrected chi connectivity index (χ1v) is 4.75. The molecule has 0 aromatic rings. The van der Waals surface area contributed by atoms with Crippen LogP contribution in [0.2, 0.25) is 0 Å². The molecule has 0 unspecified atom stereocenters. The molecule has 54 valence electrons. The van der Waals surface area contributed by atoms with E-state index in [2.05, 4.69) is 25.0 Å². The molecule has 0 aromatic carbocycles. The van der Waals surface area contributed by atoms with Crippen LogP contribution in [-0.2, 0) is 0 Å². The highest BCUT2D eigenvalue weighted by molar-refractivity contribution is 7.98. The average Bonchev–Trinajstić information content (AvgIpc) is 1.62. The second kappa shape index (κ2) is 2.51. The Bertz CT molecular complexity index is 93.1. The largest absolute Gasteiger partial charge is 0.293 e. The molecule has 0 bridgehead atoms. The molecule has 0 aromatic heterocycles. The maximum Gasteiger partial charge on any atom is 0.0441 e. The van der Waals surface area contributed by atoms with Gasteiger partial charge in [-0.05, 0) is 11.7 Å². The zero-order valence-corrected chi connectivity index (χ0v) is 7.29. The van der Waals surface area contributed by atoms with Gasteiger partial charge in [0, 0.05) is 19.0 Å². The molecular weight excluding hydrogens is 130 g/mol. The van der Waals surface area contributed by atoms with Gasteiger partial charge in [-0.1, -0.05) is 13.8 Å². The van der Waals surface area contributed by atoms with Crippen LogP contribution in [0.5, 0.6) is 0 Å². The summed E-state index contributed by atoms with van der Waals surface area (Å²) in [6.45, 7) is 7.22. The Morgan fingerprint density at radius 2 is 2.00 bits per heavy atom. The van der Waals surface area contributed by atoms with Crippen LogP contribution in [0.1, 0.15) is 13.8 Å². The molecule has 2 heteroatoms. The minimum atomic E-state index is 0.607. The van der Waals surface area contributed by atoms with Crippen molar-refractivity contribution in [1.82, 2.24) is 4.90 Å². The van der Waals surface area contributed by atoms with Crippen molar-refractivity contribution in [3.63, 3.8) is 0 Å². The number of nitrogens with zero attached hydrogens (tertiary/aromatic N) is 1. The first-order chi connectivity index (χ1) is 4.14. The fourth-order valence-corrected chi connectivity index (χ4v) is 1.99. The number of rotatable bonds is 2. The topological polar surface area (TPSA) is 3.24 Å². The quantitative estimate of drug-likeness (QED) is 0.581. The van der Waals surface area contributed by atoms with E-state index in [0.29, 0.717) is 5.41 Å². The van der Waals surface area contributed by atoms with E-state index in [9.17, 15) is 0 Å². The van der Waals surface area contributed by atoms with Crippen LogP contribution in [0, 0.1) is 5.41 Å². The second-order valence-corrected chi connectivity index (χ2v) is 4.40. The molecule has 1 heterocycles. The molecule has 0 spiro atoms. The zero-order chi connectivity index (χ0) is 6.91. The maximum atomic E-state index is 2.48. The van der Waals surface area contributed by atoms with Crippen molar-refractivity contribution in [2.24, 2.45) is 5.41 Å². The van der Waals surface area contributed by atoms with Gasteiger partial charge in [0.15, 0.2) is 0 Å². The summed E-state index contributed by atoms with van der Waals surface area (Å²) in [5.74, 6) is 1.21. The molecule has 0 radical (unpaired) electrons. The Hall–Kier alpha value is 0.310. The molecule has 0 amide bonds. The normalized spacial score (nSPS) is 25.7. The SMILES string of the molecule is CSCN1CC(C)(C)C1. The second-order valence-electron chi connectivity index (χ2n) is 3.57. The Kier molecular flexibility index (Phi) is 2.07. The summed E-state index contributed by atoms with van der Waals surface area (Å²) in [5.41, 5.74) is 0.607. The summed E-state index contributed by atoms with van der Waals surface area (Å²) in [5, 5.41) is 0. The van der Waals surface area contributed by atoms with Gasteiger partial charge in [-0.3, -0.25) is 4.90 Å². The molecule has 1 fully saturated rings. The summed E-state index contributed by atoms with van der Waals surface area (Å²) >= 11 is 1.91. The van der Waals surface area contributed by atoms with Gasteiger partial charge in [0.25, 0.3) is 0 Å². The Morgan fingerprint density at radius 1 is 1.44 bits per heavy atom. The summed E-state index contributed by atoms with van der Waals surface area (Å²) in [6.07, 6.45) is 2.16. The third-order valence-electron chi connectivity index (χ3n) is 1.61. The number of thioether (sulfide) groups is 1. The van der Waals surface area contributed by atoms with E-state index >= 15 is 0 Å². The van der Waals surface area contributed by atoms with E-state index in [-0.39, 0.29) is 0 Å². The van der Waals surface area contributed by atoms with E-state index in [1.807, 2.05) is 11.8 Å². The number of likely N-dealkylation sites (tertiary alicyclic amines) is 1. The molecule has 0 aliphatic carbocycles. The van der Waals surface area contributed by atoms with Gasteiger partial charge >= 0.3 is 0 Å². The lowest BCUT2D eigenvalue weighted by Crippen LogP contribution is -2.52. The highest BCUT2D eigenvalue weighted by Gasteiger charge is 2.32. The Labute approximate surface area is 61.8 Å². The predicted molar refractivity (Wildman–Crippen MR) is 43.7 cm³/mol. The minimum absolute atomic E-state index is 0.607. The molecule has 0 saturated carbocycles. The van der Waals surface area contributed by atoms with E-state index in [1.54, 1.807) is 0 Å². The number of hydrogen-bond donors (Lipinski definition) is 0. The van der Waals surface area contributed by atoms with Gasteiger partial charge in [-0.25, -0.2) is 0 Å². The molecular formula is C7H15NS. The van der Waals surface area contributed by atoms with Gasteiger partial charge < -0.3 is 0 Å².